The molecule has 2 saturated heterocycles. The van der Waals surface area contributed by atoms with Gasteiger partial charge in [-0.25, -0.2) is 9.97 Å². The zero-order chi connectivity index (χ0) is 69.3. The molecule has 5 aromatic heterocycles. The lowest BCUT2D eigenvalue weighted by atomic mass is 9.88. The average Bonchev–Trinajstić information content (AvgIpc) is 1.64. The number of carbonyl (C=O) groups excluding carboxylic acids is 2. The maximum Gasteiger partial charge on any atom is 0.316 e. The number of ketones is 2. The molecule has 0 amide bonds. The number of halogens is 1. The number of hydrogen-bond donors (Lipinski definition) is 5. The van der Waals surface area contributed by atoms with E-state index in [0.717, 1.165) is 151 Å². The Labute approximate surface area is 584 Å². The number of β-amino-alcohol motifs (C(OH)–C–C–N with tert-alkyl or cyclic N) is 2. The number of nitrogens with one attached hydrogen (secondary N) is 2. The van der Waals surface area contributed by atoms with Crippen LogP contribution in [0.2, 0.25) is 0 Å². The van der Waals surface area contributed by atoms with E-state index in [2.05, 4.69) is 99.6 Å². The van der Waals surface area contributed by atoms with Crippen LogP contribution in [0, 0.1) is 63.8 Å². The van der Waals surface area contributed by atoms with Crippen molar-refractivity contribution >= 4 is 101 Å². The molecule has 7 heterocycles. The second-order valence-corrected chi connectivity index (χ2v) is 26.9. The van der Waals surface area contributed by atoms with Crippen molar-refractivity contribution in [1.29, 1.82) is 0 Å². The summed E-state index contributed by atoms with van der Waals surface area (Å²) in [6.45, 7) is 13.0. The van der Waals surface area contributed by atoms with E-state index in [1.807, 2.05) is 80.1 Å². The van der Waals surface area contributed by atoms with Crippen LogP contribution in [-0.2, 0) is 25.9 Å². The van der Waals surface area contributed by atoms with Crippen LogP contribution in [0.5, 0.6) is 5.75 Å². The zero-order valence-electron chi connectivity index (χ0n) is 55.1. The van der Waals surface area contributed by atoms with Crippen molar-refractivity contribution in [2.24, 2.45) is 0 Å². The quantitative estimate of drug-likeness (QED) is 0.0310. The van der Waals surface area contributed by atoms with Gasteiger partial charge >= 0.3 is 11.4 Å². The highest BCUT2D eigenvalue weighted by atomic mass is 127. The molecule has 2 aliphatic heterocycles. The minimum atomic E-state index is -0.616. The maximum absolute atomic E-state index is 12.7. The van der Waals surface area contributed by atoms with Crippen molar-refractivity contribution in [3.8, 4) is 51.7 Å². The van der Waals surface area contributed by atoms with Gasteiger partial charge in [0, 0.05) is 138 Å². The van der Waals surface area contributed by atoms with Crippen LogP contribution in [0.4, 0.5) is 34.4 Å². The molecule has 500 valence electrons. The first-order chi connectivity index (χ1) is 47.8. The number of aromatic nitrogens is 4. The van der Waals surface area contributed by atoms with E-state index in [-0.39, 0.29) is 46.5 Å². The summed E-state index contributed by atoms with van der Waals surface area (Å²) in [5.41, 5.74) is 17.5. The van der Waals surface area contributed by atoms with Gasteiger partial charge in [0.15, 0.2) is 23.2 Å². The number of pyridine rings is 4. The van der Waals surface area contributed by atoms with E-state index in [1.165, 1.54) is 6.07 Å². The topological polar surface area (TPSA) is 276 Å². The van der Waals surface area contributed by atoms with Crippen LogP contribution in [0.15, 0.2) is 144 Å². The van der Waals surface area contributed by atoms with Gasteiger partial charge < -0.3 is 30.4 Å². The van der Waals surface area contributed by atoms with E-state index in [4.69, 9.17) is 20.8 Å². The van der Waals surface area contributed by atoms with Gasteiger partial charge in [0.25, 0.3) is 0 Å². The normalized spacial score (nSPS) is 16.0. The number of nitrogens with zero attached hydrogens (tertiary/aromatic N) is 8. The van der Waals surface area contributed by atoms with Gasteiger partial charge in [-0.1, -0.05) is 60.5 Å². The summed E-state index contributed by atoms with van der Waals surface area (Å²) in [5, 5.41) is 62.1. The number of phenols is 1. The Morgan fingerprint density at radius 1 is 0.586 bits per heavy atom. The largest absolute Gasteiger partial charge is 0.501 e. The van der Waals surface area contributed by atoms with Crippen molar-refractivity contribution in [1.82, 2.24) is 29.7 Å². The standard InChI is InChI=1S/C39H35N5O5.C29H28N4O.C10H8INO4/c1-22-28(6-3-8-30(22)35-18-26-17-32-31(9-5-11-34(32)46)37(44(47)48)38(26)49-35)29-7-4-10-33(23(29)2)42-39-36-25(12-14-40-39)16-24(19-41-36)20-43-15-13-27(45)21-43;1-4-22-7-5-8-25(19(22)2)26-9-6-10-27(20(26)3)32-29-28-23(11-13-30-29)15-21(16-31-28)17-33-14-12-24(34)18-33;11-7-4-6-5(2-1-3-8(6)13)9(10(7)14)12(15)16/h3-4,6-8,10,12,14,16-19,27,45H,5,9,11,13,15,20-21H2,1-2H3,(H,40,42);1,5-11,13,15-16,24,34H,12,14,17-18H2,2-3H3,(H,30,32);4,14H,1-3H2/t27-;24-;/m11./s1. The number of furan rings is 1. The first kappa shape index (κ1) is 67.2. The van der Waals surface area contributed by atoms with Gasteiger partial charge in [0.2, 0.25) is 11.3 Å². The fourth-order valence-corrected chi connectivity index (χ4v) is 14.7. The summed E-state index contributed by atoms with van der Waals surface area (Å²) in [4.78, 5) is 69.6. The van der Waals surface area contributed by atoms with Crippen LogP contribution >= 0.6 is 22.6 Å². The first-order valence-electron chi connectivity index (χ1n) is 33.0. The van der Waals surface area contributed by atoms with E-state index < -0.39 is 9.85 Å². The predicted octanol–water partition coefficient (Wildman–Crippen LogP) is 15.7. The molecule has 20 nitrogen and oxygen atoms in total. The lowest BCUT2D eigenvalue weighted by molar-refractivity contribution is -0.386. The molecule has 0 spiro atoms. The Hall–Kier alpha value is -10.3. The third kappa shape index (κ3) is 13.8. The van der Waals surface area contributed by atoms with Crippen molar-refractivity contribution in [3.63, 3.8) is 0 Å². The number of anilines is 4. The molecule has 0 bridgehead atoms. The van der Waals surface area contributed by atoms with Crippen molar-refractivity contribution in [3.05, 3.63) is 225 Å². The van der Waals surface area contributed by atoms with Gasteiger partial charge in [0.1, 0.15) is 16.8 Å². The highest BCUT2D eigenvalue weighted by molar-refractivity contribution is 14.1. The third-order valence-electron chi connectivity index (χ3n) is 19.3. The highest BCUT2D eigenvalue weighted by Gasteiger charge is 2.33. The number of likely N-dealkylation sites (tertiary alicyclic amines) is 2. The Morgan fingerprint density at radius 3 is 1.57 bits per heavy atom. The molecule has 99 heavy (non-hydrogen) atoms. The molecule has 0 saturated carbocycles. The SMILES string of the molecule is C#Cc1cccc(-c2cccc(Nc3nccc4cc(CN5CC[C@@H](O)C5)cnc34)c2C)c1C.Cc1c(Nc2nccc3cc(CN4CC[C@@H](O)C4)cnc23)cccc1-c1cccc(-c2cc3cc4c(c([N+](=O)[O-])c3o2)CCCC4=O)c1C.O=C1CCCc2c1cc(I)c(O)c2[N+](=O)[O-]. The minimum absolute atomic E-state index is 0.0607. The monoisotopic (exact) mass is 1430 g/mol. The molecule has 5 N–H and O–H groups in total. The molecule has 21 heteroatoms. The van der Waals surface area contributed by atoms with Crippen LogP contribution < -0.4 is 10.6 Å². The molecular weight excluding hydrogens is 1360 g/mol. The van der Waals surface area contributed by atoms with Gasteiger partial charge in [0.05, 0.1) is 25.6 Å². The summed E-state index contributed by atoms with van der Waals surface area (Å²) in [7, 11) is 0. The van der Waals surface area contributed by atoms with Crippen LogP contribution in [0.3, 0.4) is 0 Å². The fourth-order valence-electron chi connectivity index (χ4n) is 14.2. The second-order valence-electron chi connectivity index (χ2n) is 25.7. The average molecular weight is 1440 g/mol. The zero-order valence-corrected chi connectivity index (χ0v) is 57.2. The molecule has 4 aliphatic rings. The summed E-state index contributed by atoms with van der Waals surface area (Å²) >= 11 is 1.79. The third-order valence-corrected chi connectivity index (χ3v) is 20.1. The molecule has 0 unspecified atom stereocenters. The Kier molecular flexibility index (Phi) is 19.4. The molecule has 2 atom stereocenters. The highest BCUT2D eigenvalue weighted by Crippen LogP contribution is 2.44. The van der Waals surface area contributed by atoms with Crippen molar-refractivity contribution < 1.29 is 39.2 Å². The summed E-state index contributed by atoms with van der Waals surface area (Å²) < 4.78 is 6.59. The number of aliphatic hydroxyl groups is 2. The number of aromatic hydroxyl groups is 1. The smallest absolute Gasteiger partial charge is 0.316 e. The Morgan fingerprint density at radius 2 is 1.06 bits per heavy atom. The number of phenolic OH excluding ortho intramolecular Hbond substituents is 1. The lowest BCUT2D eigenvalue weighted by Crippen LogP contribution is -2.21. The number of benzene rings is 6. The Balaban J connectivity index is 0.000000151. The number of nitro benzene ring substituents is 2. The number of hydrogen-bond acceptors (Lipinski definition) is 18. The second kappa shape index (κ2) is 28.6. The van der Waals surface area contributed by atoms with Gasteiger partial charge in [-0.05, 0) is 205 Å². The van der Waals surface area contributed by atoms with Gasteiger partial charge in [-0.3, -0.25) is 49.6 Å². The number of rotatable bonds is 13. The van der Waals surface area contributed by atoms with E-state index in [0.29, 0.717) is 87.9 Å². The van der Waals surface area contributed by atoms with Crippen LogP contribution in [-0.4, -0.2) is 105 Å². The number of aliphatic hydroxyl groups excluding tert-OH is 2. The lowest BCUT2D eigenvalue weighted by Gasteiger charge is -2.17. The van der Waals surface area contributed by atoms with Gasteiger partial charge in [-0.2, -0.15) is 0 Å². The predicted molar refractivity (Wildman–Crippen MR) is 392 cm³/mol. The number of Topliss-reactive ketones (excluding diaryl/α,β-unsaturated/α-hetero) is 2. The molecule has 6 aromatic carbocycles. The molecule has 15 rings (SSSR count). The molecule has 2 fully saturated rings. The molecule has 0 radical (unpaired) electrons. The van der Waals surface area contributed by atoms with Crippen LogP contribution in [0.1, 0.15) is 109 Å². The number of terminal acetylenes is 1. The maximum atomic E-state index is 12.7. The van der Waals surface area contributed by atoms with E-state index in [9.17, 15) is 45.1 Å². The summed E-state index contributed by atoms with van der Waals surface area (Å²) in [6, 6.07) is 37.8. The summed E-state index contributed by atoms with van der Waals surface area (Å²) in [6.07, 6.45) is 17.2. The van der Waals surface area contributed by atoms with E-state index >= 15 is 0 Å². The minimum Gasteiger partial charge on any atom is -0.501 e. The van der Waals surface area contributed by atoms with Gasteiger partial charge in [-0.15, -0.1) is 6.42 Å². The molecular formula is C78H71IN10O10. The first-order valence-corrected chi connectivity index (χ1v) is 34.1. The Bertz CT molecular complexity index is 5120. The van der Waals surface area contributed by atoms with Crippen molar-refractivity contribution in [2.75, 3.05) is 36.8 Å². The van der Waals surface area contributed by atoms with Crippen LogP contribution in [0.25, 0.3) is 66.4 Å². The number of fused-ring (bicyclic) bond motifs is 5. The molecule has 2 aliphatic carbocycles. The van der Waals surface area contributed by atoms with E-state index in [1.54, 1.807) is 40.9 Å². The number of nitro groups is 2. The fraction of sp³-hybridized carbons (Fsp3) is 0.256. The number of carbonyl (C=O) groups is 2. The van der Waals surface area contributed by atoms with Crippen molar-refractivity contribution in [2.45, 2.75) is 104 Å². The summed E-state index contributed by atoms with van der Waals surface area (Å²) in [5.74, 6) is 4.22. The molecule has 11 aromatic rings.